The highest BCUT2D eigenvalue weighted by Gasteiger charge is 2.47. The van der Waals surface area contributed by atoms with Gasteiger partial charge in [-0.25, -0.2) is 0 Å². The Morgan fingerprint density at radius 3 is 2.20 bits per heavy atom. The van der Waals surface area contributed by atoms with Gasteiger partial charge in [-0.05, 0) is 41.2 Å². The minimum atomic E-state index is -0.836. The Morgan fingerprint density at radius 1 is 0.822 bits per heavy atom. The van der Waals surface area contributed by atoms with Gasteiger partial charge >= 0.3 is 0 Å². The number of hydrazine groups is 1. The van der Waals surface area contributed by atoms with Gasteiger partial charge in [0.1, 0.15) is 6.04 Å². The third-order valence-electron chi connectivity index (χ3n) is 9.03. The fourth-order valence-corrected chi connectivity index (χ4v) is 6.61. The predicted molar refractivity (Wildman–Crippen MR) is 177 cm³/mol. The normalized spacial score (nSPS) is 15.5. The molecule has 0 saturated heterocycles. The topological polar surface area (TPSA) is 83.4 Å². The zero-order valence-corrected chi connectivity index (χ0v) is 25.9. The van der Waals surface area contributed by atoms with E-state index in [0.717, 1.165) is 38.9 Å². The summed E-state index contributed by atoms with van der Waals surface area (Å²) in [7, 11) is 2.05. The summed E-state index contributed by atoms with van der Waals surface area (Å²) in [5.41, 5.74) is 11.8. The number of carbonyl (C=O) groups excluding carboxylic acids is 3. The van der Waals surface area contributed by atoms with Crippen LogP contribution >= 0.6 is 0 Å². The molecular weight excluding hydrogens is 560 g/mol. The molecule has 1 aliphatic rings. The number of benzene rings is 4. The number of hydrogen-bond acceptors (Lipinski definition) is 3. The van der Waals surface area contributed by atoms with Crippen LogP contribution in [-0.2, 0) is 23.1 Å². The molecule has 5 aromatic rings. The van der Waals surface area contributed by atoms with Crippen molar-refractivity contribution in [2.75, 3.05) is 0 Å². The largest absolute Gasteiger partial charge is 0.343 e. The minimum absolute atomic E-state index is 0.192. The van der Waals surface area contributed by atoms with Gasteiger partial charge in [0.25, 0.3) is 11.8 Å². The summed E-state index contributed by atoms with van der Waals surface area (Å²) < 4.78 is 2.18. The number of aryl methyl sites for hydroxylation is 2. The maximum atomic E-state index is 14.4. The number of nitrogens with zero attached hydrogens (tertiary/aromatic N) is 2. The lowest BCUT2D eigenvalue weighted by molar-refractivity contribution is -0.133. The number of aromatic nitrogens is 1. The molecule has 0 fully saturated rings. The van der Waals surface area contributed by atoms with Gasteiger partial charge < -0.3 is 9.47 Å². The lowest BCUT2D eigenvalue weighted by atomic mass is 9.90. The molecule has 3 amide bonds. The maximum absolute atomic E-state index is 14.4. The molecule has 0 spiro atoms. The van der Waals surface area contributed by atoms with E-state index >= 15 is 0 Å². The lowest BCUT2D eigenvalue weighted by Gasteiger charge is -2.36. The maximum Gasteiger partial charge on any atom is 0.261 e. The van der Waals surface area contributed by atoms with E-state index in [9.17, 15) is 14.4 Å². The monoisotopic (exact) mass is 598 g/mol. The Labute approximate surface area is 263 Å². The highest BCUT2D eigenvalue weighted by molar-refractivity contribution is 6.04. The zero-order chi connectivity index (χ0) is 31.5. The number of carbonyl (C=O) groups is 3. The fourth-order valence-electron chi connectivity index (χ4n) is 6.61. The summed E-state index contributed by atoms with van der Waals surface area (Å²) in [5.74, 6) is -1.09. The molecule has 0 aliphatic carbocycles. The van der Waals surface area contributed by atoms with Crippen LogP contribution in [0.15, 0.2) is 109 Å². The van der Waals surface area contributed by atoms with Crippen LogP contribution in [-0.4, -0.2) is 33.2 Å². The fraction of sp³-hybridized carbons (Fsp3) is 0.237. The zero-order valence-electron chi connectivity index (χ0n) is 25.9. The third-order valence-corrected chi connectivity index (χ3v) is 9.03. The van der Waals surface area contributed by atoms with Gasteiger partial charge in [0, 0.05) is 35.5 Å². The first-order chi connectivity index (χ1) is 21.9. The van der Waals surface area contributed by atoms with Crippen LogP contribution in [0, 0.1) is 5.92 Å². The molecule has 1 aliphatic heterocycles. The van der Waals surface area contributed by atoms with Crippen LogP contribution in [0.3, 0.4) is 0 Å². The Bertz CT molecular complexity index is 1850. The second-order valence-electron chi connectivity index (χ2n) is 11.8. The first-order valence-electron chi connectivity index (χ1n) is 15.6. The van der Waals surface area contributed by atoms with Crippen LogP contribution in [0.5, 0.6) is 0 Å². The van der Waals surface area contributed by atoms with Crippen molar-refractivity contribution >= 4 is 28.6 Å². The molecule has 4 aromatic carbocycles. The molecular formula is C38H38N4O3. The Balaban J connectivity index is 1.41. The summed E-state index contributed by atoms with van der Waals surface area (Å²) in [6, 6.07) is 34.4. The van der Waals surface area contributed by atoms with E-state index < -0.39 is 18.0 Å². The Hall–Kier alpha value is -5.17. The number of nitrogens with one attached hydrogen (secondary N) is 2. The van der Waals surface area contributed by atoms with Gasteiger partial charge in [-0.2, -0.15) is 0 Å². The molecule has 3 atom stereocenters. The van der Waals surface area contributed by atoms with Crippen molar-refractivity contribution in [2.24, 2.45) is 13.0 Å². The van der Waals surface area contributed by atoms with E-state index in [1.165, 1.54) is 0 Å². The smallest absolute Gasteiger partial charge is 0.261 e. The van der Waals surface area contributed by atoms with Gasteiger partial charge in [0.05, 0.1) is 11.7 Å². The Morgan fingerprint density at radius 2 is 1.47 bits per heavy atom. The minimum Gasteiger partial charge on any atom is -0.343 e. The average molecular weight is 599 g/mol. The summed E-state index contributed by atoms with van der Waals surface area (Å²) in [4.78, 5) is 43.0. The van der Waals surface area contributed by atoms with Crippen LogP contribution in [0.2, 0.25) is 0 Å². The van der Waals surface area contributed by atoms with E-state index in [1.807, 2.05) is 106 Å². The first-order valence-corrected chi connectivity index (χ1v) is 15.6. The second kappa shape index (κ2) is 12.8. The molecule has 228 valence electrons. The number of hydrogen-bond donors (Lipinski definition) is 2. The van der Waals surface area contributed by atoms with Gasteiger partial charge in [-0.3, -0.25) is 25.2 Å². The van der Waals surface area contributed by atoms with Gasteiger partial charge in [0.15, 0.2) is 0 Å². The first kappa shape index (κ1) is 29.9. The molecule has 7 heteroatoms. The quantitative estimate of drug-likeness (QED) is 0.188. The molecule has 0 bridgehead atoms. The molecule has 0 radical (unpaired) electrons. The number of amides is 3. The van der Waals surface area contributed by atoms with Crippen molar-refractivity contribution in [1.29, 1.82) is 0 Å². The molecule has 45 heavy (non-hydrogen) atoms. The van der Waals surface area contributed by atoms with E-state index in [4.69, 9.17) is 0 Å². The summed E-state index contributed by atoms with van der Waals surface area (Å²) >= 11 is 0. The van der Waals surface area contributed by atoms with Crippen LogP contribution in [0.1, 0.15) is 59.8 Å². The van der Waals surface area contributed by atoms with Gasteiger partial charge in [-0.15, -0.1) is 0 Å². The van der Waals surface area contributed by atoms with Crippen molar-refractivity contribution in [1.82, 2.24) is 20.3 Å². The highest BCUT2D eigenvalue weighted by Crippen LogP contribution is 2.48. The molecule has 0 saturated carbocycles. The summed E-state index contributed by atoms with van der Waals surface area (Å²) in [5, 5.41) is 1.02. The van der Waals surface area contributed by atoms with Crippen molar-refractivity contribution in [3.05, 3.63) is 131 Å². The summed E-state index contributed by atoms with van der Waals surface area (Å²) in [6.07, 6.45) is 1.45. The molecule has 2 N–H and O–H groups in total. The number of fused-ring (bicyclic) bond motifs is 2. The van der Waals surface area contributed by atoms with Crippen LogP contribution in [0.25, 0.3) is 22.2 Å². The number of para-hydroxylation sites is 1. The average Bonchev–Trinajstić information content (AvgIpc) is 3.53. The van der Waals surface area contributed by atoms with Crippen molar-refractivity contribution in [2.45, 2.75) is 45.2 Å². The molecule has 1 aromatic heterocycles. The van der Waals surface area contributed by atoms with Crippen molar-refractivity contribution < 1.29 is 14.4 Å². The SMILES string of the molecule is CCC(C)C(C(=O)NNC(=O)CCc1ccccc1)N1C(=O)c2ccccc2C1c1c(-c2ccccc2)n(C)c2ccccc12. The van der Waals surface area contributed by atoms with Crippen molar-refractivity contribution in [3.63, 3.8) is 0 Å². The van der Waals surface area contributed by atoms with Crippen LogP contribution in [0.4, 0.5) is 0 Å². The molecule has 3 unspecified atom stereocenters. The van der Waals surface area contributed by atoms with Gasteiger partial charge in [0.2, 0.25) is 5.91 Å². The van der Waals surface area contributed by atoms with E-state index in [1.54, 1.807) is 4.90 Å². The standard InChI is InChI=1S/C38H38N4O3/c1-4-25(2)34(37(44)40-39-32(43)24-23-26-15-7-5-8-16-26)42-36(28-19-11-12-20-29(28)38(42)45)33-30-21-13-14-22-31(30)41(3)35(33)27-17-9-6-10-18-27/h5-22,25,34,36H,4,23-24H2,1-3H3,(H,39,43)(H,40,44). The third kappa shape index (κ3) is 5.62. The van der Waals surface area contributed by atoms with E-state index in [0.29, 0.717) is 18.4 Å². The number of rotatable bonds is 9. The molecule has 7 nitrogen and oxygen atoms in total. The van der Waals surface area contributed by atoms with Gasteiger partial charge in [-0.1, -0.05) is 117 Å². The van der Waals surface area contributed by atoms with E-state index in [2.05, 4.69) is 39.7 Å². The lowest BCUT2D eigenvalue weighted by Crippen LogP contribution is -2.55. The van der Waals surface area contributed by atoms with E-state index in [-0.39, 0.29) is 24.2 Å². The second-order valence-corrected chi connectivity index (χ2v) is 11.8. The Kier molecular flexibility index (Phi) is 8.52. The predicted octanol–water partition coefficient (Wildman–Crippen LogP) is 6.59. The highest BCUT2D eigenvalue weighted by atomic mass is 16.2. The van der Waals surface area contributed by atoms with Crippen molar-refractivity contribution in [3.8, 4) is 11.3 Å². The molecule has 2 heterocycles. The molecule has 6 rings (SSSR count). The van der Waals surface area contributed by atoms with Crippen LogP contribution < -0.4 is 10.9 Å². The summed E-state index contributed by atoms with van der Waals surface area (Å²) in [6.45, 7) is 4.00.